The van der Waals surface area contributed by atoms with Gasteiger partial charge in [-0.05, 0) is 55.7 Å². The zero-order valence-corrected chi connectivity index (χ0v) is 13.7. The molecule has 4 unspecified atom stereocenters. The number of fused-ring (bicyclic) bond motifs is 1. The van der Waals surface area contributed by atoms with Crippen LogP contribution in [0.4, 0.5) is 0 Å². The lowest BCUT2D eigenvalue weighted by molar-refractivity contribution is 0.104. The molecule has 1 aromatic rings. The summed E-state index contributed by atoms with van der Waals surface area (Å²) in [4.78, 5) is 0. The molecule has 0 radical (unpaired) electrons. The average Bonchev–Trinajstić information content (AvgIpc) is 3.01. The molecule has 3 rings (SSSR count). The molecule has 1 N–H and O–H groups in total. The minimum absolute atomic E-state index is 0.429. The van der Waals surface area contributed by atoms with Crippen molar-refractivity contribution in [3.63, 3.8) is 0 Å². The highest BCUT2D eigenvalue weighted by molar-refractivity contribution is 5.12. The summed E-state index contributed by atoms with van der Waals surface area (Å²) in [6.45, 7) is 5.40. The third-order valence-electron chi connectivity index (χ3n) is 5.81. The van der Waals surface area contributed by atoms with Crippen LogP contribution in [0.15, 0.2) is 16.5 Å². The Morgan fingerprint density at radius 1 is 1.10 bits per heavy atom. The van der Waals surface area contributed by atoms with Crippen molar-refractivity contribution in [3.8, 4) is 0 Å². The monoisotopic (exact) mass is 289 g/mol. The van der Waals surface area contributed by atoms with Crippen LogP contribution in [0.5, 0.6) is 0 Å². The second-order valence-corrected chi connectivity index (χ2v) is 7.07. The molecule has 1 heterocycles. The molecule has 118 valence electrons. The van der Waals surface area contributed by atoms with E-state index >= 15 is 0 Å². The van der Waals surface area contributed by atoms with Crippen molar-refractivity contribution in [2.45, 2.75) is 71.3 Å². The lowest BCUT2D eigenvalue weighted by Gasteiger charge is -2.41. The second-order valence-electron chi connectivity index (χ2n) is 7.07. The number of aryl methyl sites for hydroxylation is 1. The molecular weight excluding hydrogens is 258 g/mol. The lowest BCUT2D eigenvalue weighted by Crippen LogP contribution is -2.35. The molecule has 0 saturated heterocycles. The van der Waals surface area contributed by atoms with E-state index in [1.165, 1.54) is 50.7 Å². The van der Waals surface area contributed by atoms with Gasteiger partial charge in [0.1, 0.15) is 11.5 Å². The molecule has 4 atom stereocenters. The van der Waals surface area contributed by atoms with Crippen LogP contribution in [0.25, 0.3) is 0 Å². The third kappa shape index (κ3) is 3.36. The smallest absolute Gasteiger partial charge is 0.121 e. The predicted molar refractivity (Wildman–Crippen MR) is 87.3 cm³/mol. The summed E-state index contributed by atoms with van der Waals surface area (Å²) in [6, 6.07) is 4.79. The fourth-order valence-electron chi connectivity index (χ4n) is 4.68. The molecule has 1 aromatic heterocycles. The van der Waals surface area contributed by atoms with E-state index in [1.54, 1.807) is 0 Å². The van der Waals surface area contributed by atoms with Crippen LogP contribution in [0.1, 0.15) is 76.4 Å². The van der Waals surface area contributed by atoms with E-state index in [0.29, 0.717) is 6.04 Å². The molecule has 2 heteroatoms. The highest BCUT2D eigenvalue weighted by Crippen LogP contribution is 2.46. The van der Waals surface area contributed by atoms with Crippen molar-refractivity contribution in [2.24, 2.45) is 17.8 Å². The van der Waals surface area contributed by atoms with Crippen LogP contribution in [0.2, 0.25) is 0 Å². The van der Waals surface area contributed by atoms with Gasteiger partial charge >= 0.3 is 0 Å². The summed E-state index contributed by atoms with van der Waals surface area (Å²) in [5.74, 6) is 5.08. The molecule has 0 spiro atoms. The molecular formula is C19H31NO. The molecule has 2 fully saturated rings. The highest BCUT2D eigenvalue weighted by Gasteiger charge is 2.36. The fourth-order valence-corrected chi connectivity index (χ4v) is 4.68. The largest absolute Gasteiger partial charge is 0.464 e. The molecule has 2 nitrogen and oxygen atoms in total. The molecule has 0 aromatic carbocycles. The predicted octanol–water partition coefficient (Wildman–Crippen LogP) is 5.10. The van der Waals surface area contributed by atoms with E-state index in [9.17, 15) is 0 Å². The van der Waals surface area contributed by atoms with Gasteiger partial charge in [-0.3, -0.25) is 0 Å². The number of hydrogen-bond acceptors (Lipinski definition) is 2. The molecule has 2 saturated carbocycles. The van der Waals surface area contributed by atoms with Gasteiger partial charge < -0.3 is 9.73 Å². The van der Waals surface area contributed by atoms with Gasteiger partial charge in [-0.25, -0.2) is 0 Å². The molecule has 0 bridgehead atoms. The van der Waals surface area contributed by atoms with E-state index in [-0.39, 0.29) is 0 Å². The summed E-state index contributed by atoms with van der Waals surface area (Å²) in [5, 5.41) is 3.71. The van der Waals surface area contributed by atoms with Crippen LogP contribution in [-0.4, -0.2) is 6.54 Å². The molecule has 0 aliphatic heterocycles. The average molecular weight is 289 g/mol. The Balaban J connectivity index is 1.71. The molecule has 2 aliphatic carbocycles. The zero-order valence-electron chi connectivity index (χ0n) is 13.7. The minimum atomic E-state index is 0.429. The van der Waals surface area contributed by atoms with E-state index in [1.807, 2.05) is 0 Å². The summed E-state index contributed by atoms with van der Waals surface area (Å²) < 4.78 is 6.07. The van der Waals surface area contributed by atoms with Crippen molar-refractivity contribution in [3.05, 3.63) is 23.7 Å². The Morgan fingerprint density at radius 3 is 2.62 bits per heavy atom. The van der Waals surface area contributed by atoms with Gasteiger partial charge in [0.05, 0.1) is 6.04 Å². The van der Waals surface area contributed by atoms with E-state index in [0.717, 1.165) is 36.5 Å². The number of rotatable bonds is 5. The number of furan rings is 1. The van der Waals surface area contributed by atoms with Crippen molar-refractivity contribution >= 4 is 0 Å². The molecule has 2 aliphatic rings. The quantitative estimate of drug-likeness (QED) is 0.816. The zero-order chi connectivity index (χ0) is 14.7. The summed E-state index contributed by atoms with van der Waals surface area (Å²) >= 11 is 0. The Kier molecular flexibility index (Phi) is 5.05. The standard InChI is InChI=1S/C19H31NO/c1-3-17-11-12-18(21-17)19(20-4-2)16-10-9-14-7-5-6-8-15(14)13-16/h11-12,14-16,19-20H,3-10,13H2,1-2H3. The van der Waals surface area contributed by atoms with Gasteiger partial charge in [0, 0.05) is 6.42 Å². The first-order chi connectivity index (χ1) is 10.3. The second kappa shape index (κ2) is 7.00. The van der Waals surface area contributed by atoms with Gasteiger partial charge in [0.15, 0.2) is 0 Å². The van der Waals surface area contributed by atoms with Crippen LogP contribution in [-0.2, 0) is 6.42 Å². The van der Waals surface area contributed by atoms with E-state index < -0.39 is 0 Å². The van der Waals surface area contributed by atoms with Gasteiger partial charge in [0.25, 0.3) is 0 Å². The summed E-state index contributed by atoms with van der Waals surface area (Å²) in [7, 11) is 0. The van der Waals surface area contributed by atoms with Gasteiger partial charge in [-0.15, -0.1) is 0 Å². The van der Waals surface area contributed by atoms with Crippen molar-refractivity contribution < 1.29 is 4.42 Å². The maximum Gasteiger partial charge on any atom is 0.121 e. The SMILES string of the molecule is CCNC(c1ccc(CC)o1)C1CCC2CCCCC2C1. The van der Waals surface area contributed by atoms with Crippen LogP contribution >= 0.6 is 0 Å². The summed E-state index contributed by atoms with van der Waals surface area (Å²) in [5.41, 5.74) is 0. The summed E-state index contributed by atoms with van der Waals surface area (Å²) in [6.07, 6.45) is 11.1. The Morgan fingerprint density at radius 2 is 1.90 bits per heavy atom. The first-order valence-corrected chi connectivity index (χ1v) is 9.13. The number of hydrogen-bond donors (Lipinski definition) is 1. The maximum atomic E-state index is 6.07. The Hall–Kier alpha value is -0.760. The lowest BCUT2D eigenvalue weighted by atomic mass is 9.66. The Bertz CT molecular complexity index is 439. The van der Waals surface area contributed by atoms with Crippen molar-refractivity contribution in [2.75, 3.05) is 6.54 Å². The van der Waals surface area contributed by atoms with Crippen LogP contribution in [0.3, 0.4) is 0 Å². The Labute approximate surface area is 129 Å². The maximum absolute atomic E-state index is 6.07. The van der Waals surface area contributed by atoms with Crippen molar-refractivity contribution in [1.82, 2.24) is 5.32 Å². The topological polar surface area (TPSA) is 25.2 Å². The normalized spacial score (nSPS) is 30.9. The van der Waals surface area contributed by atoms with E-state index in [4.69, 9.17) is 4.42 Å². The fraction of sp³-hybridized carbons (Fsp3) is 0.789. The molecule has 0 amide bonds. The number of nitrogens with one attached hydrogen (secondary N) is 1. The van der Waals surface area contributed by atoms with Gasteiger partial charge in [-0.2, -0.15) is 0 Å². The van der Waals surface area contributed by atoms with E-state index in [2.05, 4.69) is 31.3 Å². The van der Waals surface area contributed by atoms with Gasteiger partial charge in [0.2, 0.25) is 0 Å². The third-order valence-corrected chi connectivity index (χ3v) is 5.81. The first kappa shape index (κ1) is 15.1. The molecule has 21 heavy (non-hydrogen) atoms. The van der Waals surface area contributed by atoms with Gasteiger partial charge in [-0.1, -0.05) is 39.5 Å². The highest BCUT2D eigenvalue weighted by atomic mass is 16.3. The van der Waals surface area contributed by atoms with Crippen LogP contribution in [0, 0.1) is 17.8 Å². The van der Waals surface area contributed by atoms with Crippen LogP contribution < -0.4 is 5.32 Å². The minimum Gasteiger partial charge on any atom is -0.464 e. The van der Waals surface area contributed by atoms with Crippen molar-refractivity contribution in [1.29, 1.82) is 0 Å². The first-order valence-electron chi connectivity index (χ1n) is 9.13.